The molecule has 0 radical (unpaired) electrons. The van der Waals surface area contributed by atoms with E-state index in [2.05, 4.69) is 13.8 Å². The first kappa shape index (κ1) is 25.2. The molecule has 5 heteroatoms. The van der Waals surface area contributed by atoms with E-state index in [1.54, 1.807) is 0 Å². The number of phenolic OH excluding ortho intramolecular Hbond substituents is 1. The maximum atomic E-state index is 11.2. The largest absolute Gasteiger partial charge is 0.507 e. The third-order valence-electron chi connectivity index (χ3n) is 6.90. The predicted molar refractivity (Wildman–Crippen MR) is 127 cm³/mol. The lowest BCUT2D eigenvalue weighted by Crippen LogP contribution is -2.37. The van der Waals surface area contributed by atoms with Gasteiger partial charge in [-0.25, -0.2) is 0 Å². The fourth-order valence-electron chi connectivity index (χ4n) is 4.56. The van der Waals surface area contributed by atoms with Crippen LogP contribution in [0.4, 0.5) is 0 Å². The lowest BCUT2D eigenvalue weighted by atomic mass is 9.84. The summed E-state index contributed by atoms with van der Waals surface area (Å²) in [6.07, 6.45) is 13.4. The van der Waals surface area contributed by atoms with Crippen molar-refractivity contribution >= 4 is 0 Å². The maximum Gasteiger partial charge on any atom is 0.242 e. The summed E-state index contributed by atoms with van der Waals surface area (Å²) in [5.74, 6) is 1.36. The van der Waals surface area contributed by atoms with Crippen molar-refractivity contribution < 1.29 is 14.8 Å². The number of hydrogen-bond acceptors (Lipinski definition) is 4. The molecule has 1 aromatic carbocycles. The van der Waals surface area contributed by atoms with Crippen molar-refractivity contribution in [2.24, 2.45) is 0 Å². The minimum atomic E-state index is -0.204. The van der Waals surface area contributed by atoms with Crippen LogP contribution < -0.4 is 4.74 Å². The van der Waals surface area contributed by atoms with E-state index in [0.29, 0.717) is 17.9 Å². The highest BCUT2D eigenvalue weighted by molar-refractivity contribution is 5.58. The quantitative estimate of drug-likeness (QED) is 0.211. The number of rotatable bonds is 12. The number of benzene rings is 1. The van der Waals surface area contributed by atoms with Crippen LogP contribution >= 0.6 is 0 Å². The normalized spacial score (nSPS) is 18.5. The molecule has 31 heavy (non-hydrogen) atoms. The molecule has 1 N–H and O–H groups in total. The zero-order valence-corrected chi connectivity index (χ0v) is 20.2. The topological polar surface area (TPSA) is 72.6 Å². The number of phenols is 1. The molecule has 0 saturated heterocycles. The van der Waals surface area contributed by atoms with Gasteiger partial charge in [0.1, 0.15) is 17.1 Å². The average Bonchev–Trinajstić information content (AvgIpc) is 2.74. The molecular formula is C26H41NO4. The Morgan fingerprint density at radius 3 is 2.48 bits per heavy atom. The molecule has 1 unspecified atom stereocenters. The summed E-state index contributed by atoms with van der Waals surface area (Å²) in [6, 6.07) is 0. The molecule has 1 aliphatic heterocycles. The van der Waals surface area contributed by atoms with Gasteiger partial charge < -0.3 is 9.84 Å². The molecule has 0 aromatic heterocycles. The van der Waals surface area contributed by atoms with Crippen LogP contribution in [0.15, 0.2) is 11.8 Å². The number of aromatic hydroxyl groups is 1. The fraction of sp³-hybridized carbons (Fsp3) is 0.692. The Morgan fingerprint density at radius 1 is 1.10 bits per heavy atom. The van der Waals surface area contributed by atoms with Gasteiger partial charge in [-0.3, -0.25) is 10.1 Å². The summed E-state index contributed by atoms with van der Waals surface area (Å²) < 4.78 is 6.49. The van der Waals surface area contributed by atoms with Crippen molar-refractivity contribution in [2.75, 3.05) is 0 Å². The molecule has 1 aliphatic rings. The minimum absolute atomic E-state index is 0.186. The Balaban J connectivity index is 1.82. The fourth-order valence-corrected chi connectivity index (χ4v) is 4.56. The molecule has 0 amide bonds. The van der Waals surface area contributed by atoms with Gasteiger partial charge in [-0.05, 0) is 95.4 Å². The Hall–Kier alpha value is -2.04. The van der Waals surface area contributed by atoms with Gasteiger partial charge in [-0.15, -0.1) is 0 Å². The third kappa shape index (κ3) is 6.72. The molecule has 1 atom stereocenters. The molecule has 0 fully saturated rings. The first-order valence-electron chi connectivity index (χ1n) is 12.0. The summed E-state index contributed by atoms with van der Waals surface area (Å²) in [4.78, 5) is 11.0. The van der Waals surface area contributed by atoms with E-state index in [0.717, 1.165) is 98.6 Å². The van der Waals surface area contributed by atoms with Crippen LogP contribution in [-0.4, -0.2) is 15.6 Å². The second-order valence-corrected chi connectivity index (χ2v) is 9.45. The first-order chi connectivity index (χ1) is 14.7. The molecule has 1 heterocycles. The number of fused-ring (bicyclic) bond motifs is 1. The average molecular weight is 432 g/mol. The van der Waals surface area contributed by atoms with Crippen LogP contribution in [0.1, 0.15) is 107 Å². The number of allylic oxidation sites excluding steroid dienone is 2. The number of ether oxygens (including phenoxy) is 1. The molecule has 0 saturated carbocycles. The summed E-state index contributed by atoms with van der Waals surface area (Å²) in [7, 11) is 0. The first-order valence-corrected chi connectivity index (χ1v) is 12.0. The van der Waals surface area contributed by atoms with Crippen LogP contribution in [-0.2, 0) is 6.42 Å². The zero-order chi connectivity index (χ0) is 23.0. The molecule has 0 spiro atoms. The number of nitrogens with zero attached hydrogens (tertiary/aromatic N) is 1. The molecule has 2 rings (SSSR count). The van der Waals surface area contributed by atoms with Crippen molar-refractivity contribution in [3.8, 4) is 11.5 Å². The highest BCUT2D eigenvalue weighted by Crippen LogP contribution is 2.44. The van der Waals surface area contributed by atoms with Crippen molar-refractivity contribution in [1.29, 1.82) is 0 Å². The van der Waals surface area contributed by atoms with Crippen LogP contribution in [0.25, 0.3) is 0 Å². The molecule has 5 nitrogen and oxygen atoms in total. The lowest BCUT2D eigenvalue weighted by Gasteiger charge is -2.38. The Labute approximate surface area is 188 Å². The van der Waals surface area contributed by atoms with Crippen LogP contribution in [0.2, 0.25) is 0 Å². The van der Waals surface area contributed by atoms with Gasteiger partial charge in [0.25, 0.3) is 0 Å². The van der Waals surface area contributed by atoms with Crippen LogP contribution in [0.5, 0.6) is 11.5 Å². The molecule has 1 aromatic rings. The van der Waals surface area contributed by atoms with E-state index in [-0.39, 0.29) is 10.5 Å². The van der Waals surface area contributed by atoms with Crippen molar-refractivity contribution in [3.63, 3.8) is 0 Å². The van der Waals surface area contributed by atoms with Gasteiger partial charge in [0, 0.05) is 12.0 Å². The van der Waals surface area contributed by atoms with Gasteiger partial charge >= 0.3 is 0 Å². The van der Waals surface area contributed by atoms with E-state index in [1.807, 2.05) is 26.8 Å². The van der Waals surface area contributed by atoms with E-state index in [4.69, 9.17) is 4.74 Å². The Kier molecular flexibility index (Phi) is 9.39. The maximum absolute atomic E-state index is 11.2. The van der Waals surface area contributed by atoms with Crippen molar-refractivity contribution in [2.45, 2.75) is 117 Å². The van der Waals surface area contributed by atoms with E-state index in [1.165, 1.54) is 0 Å². The monoisotopic (exact) mass is 431 g/mol. The zero-order valence-electron chi connectivity index (χ0n) is 20.2. The molecular weight excluding hydrogens is 390 g/mol. The van der Waals surface area contributed by atoms with Gasteiger partial charge in [0.2, 0.25) is 5.70 Å². The second-order valence-electron chi connectivity index (χ2n) is 9.45. The summed E-state index contributed by atoms with van der Waals surface area (Å²) in [5, 5.41) is 21.6. The number of unbranched alkanes of at least 4 members (excludes halogenated alkanes) is 6. The van der Waals surface area contributed by atoms with Gasteiger partial charge in [0.15, 0.2) is 0 Å². The second kappa shape index (κ2) is 11.5. The van der Waals surface area contributed by atoms with Gasteiger partial charge in [-0.1, -0.05) is 32.6 Å². The third-order valence-corrected chi connectivity index (χ3v) is 6.90. The Bertz CT molecular complexity index is 799. The van der Waals surface area contributed by atoms with Gasteiger partial charge in [0.05, 0.1) is 4.92 Å². The highest BCUT2D eigenvalue weighted by Gasteiger charge is 2.34. The summed E-state index contributed by atoms with van der Waals surface area (Å²) in [6.45, 7) is 10.3. The number of nitro groups is 1. The van der Waals surface area contributed by atoms with E-state index < -0.39 is 0 Å². The van der Waals surface area contributed by atoms with Crippen molar-refractivity contribution in [1.82, 2.24) is 0 Å². The Morgan fingerprint density at radius 2 is 1.81 bits per heavy atom. The SMILES string of the molecule is CCCCCCC(=CCCCCCC1(C)CCc2c(C)c(O)c(C)c(C)c2O1)[N+](=O)[O-]. The van der Waals surface area contributed by atoms with Crippen LogP contribution in [0.3, 0.4) is 0 Å². The summed E-state index contributed by atoms with van der Waals surface area (Å²) >= 11 is 0. The molecule has 0 bridgehead atoms. The van der Waals surface area contributed by atoms with E-state index in [9.17, 15) is 15.2 Å². The standard InChI is InChI=1S/C26H41NO4/c1-6-7-8-11-14-22(27(29)30)15-12-9-10-13-17-26(5)18-16-23-21(4)24(28)19(2)20(3)25(23)31-26/h15,28H,6-14,16-18H2,1-5H3. The highest BCUT2D eigenvalue weighted by atomic mass is 16.6. The lowest BCUT2D eigenvalue weighted by molar-refractivity contribution is -0.428. The van der Waals surface area contributed by atoms with Crippen LogP contribution in [0, 0.1) is 30.9 Å². The summed E-state index contributed by atoms with van der Waals surface area (Å²) in [5.41, 5.74) is 4.25. The minimum Gasteiger partial charge on any atom is -0.507 e. The van der Waals surface area contributed by atoms with Crippen molar-refractivity contribution in [3.05, 3.63) is 44.1 Å². The molecule has 174 valence electrons. The smallest absolute Gasteiger partial charge is 0.242 e. The number of hydrogen-bond donors (Lipinski definition) is 1. The molecule has 0 aliphatic carbocycles. The van der Waals surface area contributed by atoms with Gasteiger partial charge in [-0.2, -0.15) is 0 Å². The predicted octanol–water partition coefficient (Wildman–Crippen LogP) is 7.48. The van der Waals surface area contributed by atoms with E-state index >= 15 is 0 Å².